The molecule has 2 atom stereocenters. The predicted molar refractivity (Wildman–Crippen MR) is 183 cm³/mol. The van der Waals surface area contributed by atoms with E-state index in [1.807, 2.05) is 61.2 Å². The van der Waals surface area contributed by atoms with Crippen LogP contribution in [0.2, 0.25) is 0 Å². The molecule has 4 heterocycles. The fourth-order valence-electron chi connectivity index (χ4n) is 7.06. The number of likely N-dealkylation sites (tertiary alicyclic amines) is 2. The molecule has 2 fully saturated rings. The summed E-state index contributed by atoms with van der Waals surface area (Å²) in [7, 11) is 0. The Balaban J connectivity index is 1.16. The number of pyridine rings is 1. The van der Waals surface area contributed by atoms with Crippen molar-refractivity contribution in [3.8, 4) is 28.7 Å². The van der Waals surface area contributed by atoms with Gasteiger partial charge in [-0.2, -0.15) is 5.26 Å². The van der Waals surface area contributed by atoms with Crippen LogP contribution in [0.4, 0.5) is 15.9 Å². The first kappa shape index (κ1) is 32.4. The van der Waals surface area contributed by atoms with Crippen LogP contribution in [-0.4, -0.2) is 68.2 Å². The monoisotopic (exact) mass is 660 g/mol. The molecule has 2 aliphatic rings. The lowest BCUT2D eigenvalue weighted by Crippen LogP contribution is -2.22. The Morgan fingerprint density at radius 2 is 1.76 bits per heavy atom. The first-order chi connectivity index (χ1) is 23.7. The third-order valence-corrected chi connectivity index (χ3v) is 9.75. The molecule has 0 bridgehead atoms. The van der Waals surface area contributed by atoms with Gasteiger partial charge in [-0.3, -0.25) is 14.6 Å². The number of rotatable bonds is 9. The SMILES string of the molecule is Cc1c(Nc2nccc(CN3CC[C@@H](O)C3)c2F)cccc1-c1cccc(-c2nc3cc(CN4CC[C@@H](C(=O)O)C4)cc(C#N)c3o2)c1C. The van der Waals surface area contributed by atoms with Crippen LogP contribution in [0.5, 0.6) is 0 Å². The Hall–Kier alpha value is -5.15. The molecule has 5 aromatic rings. The minimum atomic E-state index is -0.778. The number of halogens is 1. The first-order valence-corrected chi connectivity index (χ1v) is 16.5. The Morgan fingerprint density at radius 1 is 1.02 bits per heavy atom. The fraction of sp³-hybridized carbons (Fsp3) is 0.316. The van der Waals surface area contributed by atoms with E-state index in [-0.39, 0.29) is 17.8 Å². The van der Waals surface area contributed by atoms with E-state index in [9.17, 15) is 20.3 Å². The van der Waals surface area contributed by atoms with Crippen molar-refractivity contribution in [3.63, 3.8) is 0 Å². The van der Waals surface area contributed by atoms with Crippen molar-refractivity contribution in [2.75, 3.05) is 31.5 Å². The maximum atomic E-state index is 15.6. The number of oxazole rings is 1. The van der Waals surface area contributed by atoms with E-state index < -0.39 is 11.8 Å². The quantitative estimate of drug-likeness (QED) is 0.163. The van der Waals surface area contributed by atoms with Crippen molar-refractivity contribution in [2.24, 2.45) is 5.92 Å². The number of nitrogens with zero attached hydrogens (tertiary/aromatic N) is 5. The molecule has 250 valence electrons. The number of carboxylic acids is 1. The summed E-state index contributed by atoms with van der Waals surface area (Å²) in [5.74, 6) is -1.02. The topological polar surface area (TPSA) is 139 Å². The van der Waals surface area contributed by atoms with Crippen molar-refractivity contribution >= 4 is 28.6 Å². The average molecular weight is 661 g/mol. The number of nitrogens with one attached hydrogen (secondary N) is 1. The molecular formula is C38H37FN6O4. The molecule has 7 rings (SSSR count). The highest BCUT2D eigenvalue weighted by Gasteiger charge is 2.28. The Morgan fingerprint density at radius 3 is 2.49 bits per heavy atom. The molecule has 2 aromatic heterocycles. The lowest BCUT2D eigenvalue weighted by Gasteiger charge is -2.18. The van der Waals surface area contributed by atoms with Crippen molar-refractivity contribution in [1.29, 1.82) is 5.26 Å². The molecular weight excluding hydrogens is 623 g/mol. The van der Waals surface area contributed by atoms with Crippen molar-refractivity contribution in [1.82, 2.24) is 19.8 Å². The Bertz CT molecular complexity index is 2110. The van der Waals surface area contributed by atoms with Gasteiger partial charge in [-0.05, 0) is 91.4 Å². The number of hydrogen-bond acceptors (Lipinski definition) is 9. The van der Waals surface area contributed by atoms with Crippen LogP contribution in [-0.2, 0) is 17.9 Å². The summed E-state index contributed by atoms with van der Waals surface area (Å²) in [6.45, 7) is 7.34. The van der Waals surface area contributed by atoms with E-state index in [4.69, 9.17) is 9.40 Å². The fourth-order valence-corrected chi connectivity index (χ4v) is 7.06. The van der Waals surface area contributed by atoms with Crippen LogP contribution in [0.3, 0.4) is 0 Å². The third-order valence-electron chi connectivity index (χ3n) is 9.75. The van der Waals surface area contributed by atoms with E-state index >= 15 is 4.39 Å². The first-order valence-electron chi connectivity index (χ1n) is 16.5. The average Bonchev–Trinajstić information content (AvgIpc) is 3.84. The molecule has 0 saturated carbocycles. The van der Waals surface area contributed by atoms with E-state index in [0.717, 1.165) is 45.6 Å². The number of nitriles is 1. The number of aromatic nitrogens is 2. The molecule has 0 aliphatic carbocycles. The summed E-state index contributed by atoms with van der Waals surface area (Å²) >= 11 is 0. The van der Waals surface area contributed by atoms with Gasteiger partial charge < -0.3 is 19.9 Å². The highest BCUT2D eigenvalue weighted by atomic mass is 19.1. The number of hydrogen-bond donors (Lipinski definition) is 3. The van der Waals surface area contributed by atoms with Gasteiger partial charge in [0.15, 0.2) is 17.2 Å². The van der Waals surface area contributed by atoms with Gasteiger partial charge in [0, 0.05) is 55.7 Å². The summed E-state index contributed by atoms with van der Waals surface area (Å²) in [5.41, 5.74) is 8.04. The van der Waals surface area contributed by atoms with Gasteiger partial charge in [-0.15, -0.1) is 0 Å². The molecule has 11 heteroatoms. The van der Waals surface area contributed by atoms with Crippen LogP contribution in [0, 0.1) is 36.9 Å². The molecule has 0 radical (unpaired) electrons. The normalized spacial score (nSPS) is 18.3. The maximum absolute atomic E-state index is 15.6. The molecule has 0 unspecified atom stereocenters. The standard InChI is InChI=1S/C38H37FN6O4/c1-22-29(30-6-4-8-32(23(30)2)42-36-34(39)25(9-12-41-36)19-45-14-11-28(46)21-45)5-3-7-31(22)37-43-33-16-24(15-27(17-40)35(33)49-37)18-44-13-10-26(20-44)38(47)48/h3-9,12,15-16,26,28,46H,10-11,13-14,18-21H2,1-2H3,(H,41,42)(H,47,48)/t26-,28-/m1/s1. The number of benzene rings is 3. The van der Waals surface area contributed by atoms with E-state index in [1.165, 1.54) is 0 Å². The van der Waals surface area contributed by atoms with Crippen LogP contribution in [0.15, 0.2) is 65.2 Å². The maximum Gasteiger partial charge on any atom is 0.307 e. The molecule has 2 saturated heterocycles. The van der Waals surface area contributed by atoms with Crippen LogP contribution < -0.4 is 5.32 Å². The zero-order valence-corrected chi connectivity index (χ0v) is 27.4. The van der Waals surface area contributed by atoms with Gasteiger partial charge in [0.2, 0.25) is 5.89 Å². The zero-order chi connectivity index (χ0) is 34.2. The molecule has 3 N–H and O–H groups in total. The second-order valence-electron chi connectivity index (χ2n) is 13.1. The lowest BCUT2D eigenvalue weighted by molar-refractivity contribution is -0.141. The second kappa shape index (κ2) is 13.4. The summed E-state index contributed by atoms with van der Waals surface area (Å²) in [6, 6.07) is 19.4. The molecule has 3 aromatic carbocycles. The highest BCUT2D eigenvalue weighted by Crippen LogP contribution is 2.37. The number of β-amino-alcohol motifs (C(OH)–C–C–N with tert-alkyl or cyclic N) is 1. The van der Waals surface area contributed by atoms with Crippen LogP contribution in [0.25, 0.3) is 33.7 Å². The smallest absolute Gasteiger partial charge is 0.307 e. The lowest BCUT2D eigenvalue weighted by atomic mass is 9.93. The van der Waals surface area contributed by atoms with E-state index in [0.29, 0.717) is 73.7 Å². The highest BCUT2D eigenvalue weighted by molar-refractivity contribution is 5.85. The van der Waals surface area contributed by atoms with Gasteiger partial charge in [-0.1, -0.05) is 24.3 Å². The number of aliphatic hydroxyl groups excluding tert-OH is 1. The summed E-state index contributed by atoms with van der Waals surface area (Å²) in [6.07, 6.45) is 2.52. The van der Waals surface area contributed by atoms with Crippen molar-refractivity contribution in [2.45, 2.75) is 45.9 Å². The third kappa shape index (κ3) is 6.50. The number of carbonyl (C=O) groups is 1. The number of anilines is 2. The van der Waals surface area contributed by atoms with Gasteiger partial charge in [-0.25, -0.2) is 14.4 Å². The van der Waals surface area contributed by atoms with Gasteiger partial charge in [0.05, 0.1) is 17.6 Å². The molecule has 0 amide bonds. The largest absolute Gasteiger partial charge is 0.481 e. The molecule has 0 spiro atoms. The molecule has 2 aliphatic heterocycles. The van der Waals surface area contributed by atoms with Gasteiger partial charge in [0.1, 0.15) is 11.6 Å². The summed E-state index contributed by atoms with van der Waals surface area (Å²) in [4.78, 5) is 24.7. The van der Waals surface area contributed by atoms with E-state index in [1.54, 1.807) is 18.3 Å². The molecule has 49 heavy (non-hydrogen) atoms. The summed E-state index contributed by atoms with van der Waals surface area (Å²) < 4.78 is 21.8. The van der Waals surface area contributed by atoms with E-state index in [2.05, 4.69) is 21.3 Å². The Labute approximate surface area is 283 Å². The summed E-state index contributed by atoms with van der Waals surface area (Å²) in [5, 5.41) is 32.4. The van der Waals surface area contributed by atoms with Crippen molar-refractivity contribution < 1.29 is 23.8 Å². The second-order valence-corrected chi connectivity index (χ2v) is 13.1. The van der Waals surface area contributed by atoms with Gasteiger partial charge in [0.25, 0.3) is 0 Å². The predicted octanol–water partition coefficient (Wildman–Crippen LogP) is 6.40. The minimum Gasteiger partial charge on any atom is -0.481 e. The minimum absolute atomic E-state index is 0.147. The molecule has 10 nitrogen and oxygen atoms in total. The van der Waals surface area contributed by atoms with Crippen LogP contribution in [0.1, 0.15) is 40.7 Å². The Kier molecular flexibility index (Phi) is 8.86. The number of aliphatic hydroxyl groups is 1. The van der Waals surface area contributed by atoms with Crippen LogP contribution >= 0.6 is 0 Å². The number of fused-ring (bicyclic) bond motifs is 1. The number of carboxylic acid groups (broad SMARTS) is 1. The van der Waals surface area contributed by atoms with Gasteiger partial charge >= 0.3 is 5.97 Å². The number of aliphatic carboxylic acids is 1. The zero-order valence-electron chi connectivity index (χ0n) is 27.4. The van der Waals surface area contributed by atoms with Crippen molar-refractivity contribution in [3.05, 3.63) is 94.4 Å².